The molecule has 0 fully saturated rings. The first-order valence-electron chi connectivity index (χ1n) is 5.01. The molecule has 0 spiro atoms. The van der Waals surface area contributed by atoms with E-state index in [-0.39, 0.29) is 0 Å². The Morgan fingerprint density at radius 2 is 2.00 bits per heavy atom. The molecular weight excluding hydrogens is 172 g/mol. The Morgan fingerprint density at radius 3 is 2.50 bits per heavy atom. The topological polar surface area (TPSA) is 35.8 Å². The van der Waals surface area contributed by atoms with Crippen LogP contribution < -0.4 is 5.32 Å². The van der Waals surface area contributed by atoms with Gasteiger partial charge in [0.1, 0.15) is 0 Å². The van der Waals surface area contributed by atoms with Crippen LogP contribution in [-0.4, -0.2) is 6.54 Å². The average Bonchev–Trinajstić information content (AvgIpc) is 2.26. The molecule has 1 aromatic rings. The number of rotatable bonds is 4. The predicted octanol–water partition coefficient (Wildman–Crippen LogP) is 2.62. The number of hydrogen-bond donors (Lipinski definition) is 1. The summed E-state index contributed by atoms with van der Waals surface area (Å²) in [6.07, 6.45) is 1.14. The van der Waals surface area contributed by atoms with E-state index >= 15 is 0 Å². The van der Waals surface area contributed by atoms with Crippen LogP contribution in [0, 0.1) is 11.3 Å². The van der Waals surface area contributed by atoms with Gasteiger partial charge in [0.05, 0.1) is 11.6 Å². The Labute approximate surface area is 85.6 Å². The molecule has 2 heteroatoms. The summed E-state index contributed by atoms with van der Waals surface area (Å²) in [4.78, 5) is 0. The zero-order valence-electron chi connectivity index (χ0n) is 8.75. The smallest absolute Gasteiger partial charge is 0.0991 e. The van der Waals surface area contributed by atoms with E-state index in [2.05, 4.69) is 25.2 Å². The van der Waals surface area contributed by atoms with E-state index in [9.17, 15) is 0 Å². The number of nitriles is 1. The Balaban J connectivity index is 2.63. The molecule has 0 heterocycles. The van der Waals surface area contributed by atoms with Crippen molar-refractivity contribution in [3.8, 4) is 6.07 Å². The number of nitrogens with zero attached hydrogens (tertiary/aromatic N) is 1. The van der Waals surface area contributed by atoms with E-state index in [0.29, 0.717) is 6.04 Å². The van der Waals surface area contributed by atoms with Crippen LogP contribution in [0.1, 0.15) is 37.4 Å². The van der Waals surface area contributed by atoms with Gasteiger partial charge in [0, 0.05) is 6.04 Å². The van der Waals surface area contributed by atoms with E-state index < -0.39 is 0 Å². The number of hydrogen-bond acceptors (Lipinski definition) is 2. The van der Waals surface area contributed by atoms with Gasteiger partial charge in [-0.1, -0.05) is 19.1 Å². The van der Waals surface area contributed by atoms with Crippen molar-refractivity contribution in [3.63, 3.8) is 0 Å². The minimum atomic E-state index is 0.364. The Hall–Kier alpha value is -1.33. The van der Waals surface area contributed by atoms with Crippen LogP contribution in [0.2, 0.25) is 0 Å². The van der Waals surface area contributed by atoms with Crippen LogP contribution in [0.3, 0.4) is 0 Å². The standard InChI is InChI=1S/C12H16N2/c1-3-8-14-10(2)12-6-4-11(9-13)5-7-12/h4-7,10,14H,3,8H2,1-2H3. The summed E-state index contributed by atoms with van der Waals surface area (Å²) in [5.74, 6) is 0. The lowest BCUT2D eigenvalue weighted by Gasteiger charge is -2.13. The van der Waals surface area contributed by atoms with Crippen molar-refractivity contribution in [2.45, 2.75) is 26.3 Å². The van der Waals surface area contributed by atoms with Gasteiger partial charge in [0.25, 0.3) is 0 Å². The number of nitrogens with one attached hydrogen (secondary N) is 1. The SMILES string of the molecule is CCCNC(C)c1ccc(C#N)cc1. The third-order valence-electron chi connectivity index (χ3n) is 2.24. The van der Waals surface area contributed by atoms with Gasteiger partial charge >= 0.3 is 0 Å². The lowest BCUT2D eigenvalue weighted by Crippen LogP contribution is -2.19. The van der Waals surface area contributed by atoms with Crippen molar-refractivity contribution in [3.05, 3.63) is 35.4 Å². The third-order valence-corrected chi connectivity index (χ3v) is 2.24. The molecule has 1 aromatic carbocycles. The first-order valence-corrected chi connectivity index (χ1v) is 5.01. The van der Waals surface area contributed by atoms with Crippen molar-refractivity contribution >= 4 is 0 Å². The molecule has 0 radical (unpaired) electrons. The molecule has 14 heavy (non-hydrogen) atoms. The second-order valence-corrected chi connectivity index (χ2v) is 3.41. The molecular formula is C12H16N2. The van der Waals surface area contributed by atoms with E-state index in [1.165, 1.54) is 5.56 Å². The Bertz CT molecular complexity index is 308. The van der Waals surface area contributed by atoms with Gasteiger partial charge in [0.15, 0.2) is 0 Å². The molecule has 0 aliphatic heterocycles. The summed E-state index contributed by atoms with van der Waals surface area (Å²) in [5, 5.41) is 12.0. The highest BCUT2D eigenvalue weighted by Crippen LogP contribution is 2.12. The molecule has 0 aliphatic rings. The Kier molecular flexibility index (Phi) is 4.15. The molecule has 1 atom stereocenters. The number of benzene rings is 1. The normalized spacial score (nSPS) is 12.1. The minimum Gasteiger partial charge on any atom is -0.310 e. The second-order valence-electron chi connectivity index (χ2n) is 3.41. The maximum absolute atomic E-state index is 8.64. The van der Waals surface area contributed by atoms with E-state index in [0.717, 1.165) is 18.5 Å². The molecule has 1 N–H and O–H groups in total. The molecule has 0 aliphatic carbocycles. The fourth-order valence-corrected chi connectivity index (χ4v) is 1.33. The Morgan fingerprint density at radius 1 is 1.36 bits per heavy atom. The summed E-state index contributed by atoms with van der Waals surface area (Å²) < 4.78 is 0. The first kappa shape index (κ1) is 10.7. The molecule has 0 amide bonds. The van der Waals surface area contributed by atoms with Crippen molar-refractivity contribution in [2.75, 3.05) is 6.54 Å². The van der Waals surface area contributed by atoms with Gasteiger partial charge in [-0.2, -0.15) is 5.26 Å². The van der Waals surface area contributed by atoms with Gasteiger partial charge in [-0.25, -0.2) is 0 Å². The maximum Gasteiger partial charge on any atom is 0.0991 e. The first-order chi connectivity index (χ1) is 6.77. The zero-order valence-corrected chi connectivity index (χ0v) is 8.75. The summed E-state index contributed by atoms with van der Waals surface area (Å²) in [7, 11) is 0. The molecule has 1 unspecified atom stereocenters. The largest absolute Gasteiger partial charge is 0.310 e. The quantitative estimate of drug-likeness (QED) is 0.788. The van der Waals surface area contributed by atoms with Gasteiger partial charge in [0.2, 0.25) is 0 Å². The van der Waals surface area contributed by atoms with Crippen LogP contribution in [-0.2, 0) is 0 Å². The van der Waals surface area contributed by atoms with Crippen LogP contribution in [0.4, 0.5) is 0 Å². The lowest BCUT2D eigenvalue weighted by atomic mass is 10.1. The van der Waals surface area contributed by atoms with Crippen molar-refractivity contribution in [2.24, 2.45) is 0 Å². The van der Waals surface area contributed by atoms with Crippen LogP contribution in [0.15, 0.2) is 24.3 Å². The monoisotopic (exact) mass is 188 g/mol. The maximum atomic E-state index is 8.64. The minimum absolute atomic E-state index is 0.364. The van der Waals surface area contributed by atoms with Gasteiger partial charge in [-0.05, 0) is 37.6 Å². The fraction of sp³-hybridized carbons (Fsp3) is 0.417. The summed E-state index contributed by atoms with van der Waals surface area (Å²) >= 11 is 0. The predicted molar refractivity (Wildman–Crippen MR) is 57.9 cm³/mol. The van der Waals surface area contributed by atoms with Crippen molar-refractivity contribution in [1.82, 2.24) is 5.32 Å². The highest BCUT2D eigenvalue weighted by atomic mass is 14.9. The van der Waals surface area contributed by atoms with Crippen LogP contribution >= 0.6 is 0 Å². The molecule has 0 saturated heterocycles. The van der Waals surface area contributed by atoms with Crippen LogP contribution in [0.5, 0.6) is 0 Å². The summed E-state index contributed by atoms with van der Waals surface area (Å²) in [6, 6.07) is 10.2. The van der Waals surface area contributed by atoms with Crippen molar-refractivity contribution < 1.29 is 0 Å². The molecule has 0 bridgehead atoms. The molecule has 1 rings (SSSR count). The third kappa shape index (κ3) is 2.86. The van der Waals surface area contributed by atoms with E-state index in [1.807, 2.05) is 24.3 Å². The van der Waals surface area contributed by atoms with Gasteiger partial charge < -0.3 is 5.32 Å². The average molecular weight is 188 g/mol. The molecule has 2 nitrogen and oxygen atoms in total. The van der Waals surface area contributed by atoms with Gasteiger partial charge in [-0.15, -0.1) is 0 Å². The van der Waals surface area contributed by atoms with Crippen molar-refractivity contribution in [1.29, 1.82) is 5.26 Å². The second kappa shape index (κ2) is 5.41. The van der Waals surface area contributed by atoms with E-state index in [4.69, 9.17) is 5.26 Å². The molecule has 0 aromatic heterocycles. The van der Waals surface area contributed by atoms with E-state index in [1.54, 1.807) is 0 Å². The lowest BCUT2D eigenvalue weighted by molar-refractivity contribution is 0.571. The summed E-state index contributed by atoms with van der Waals surface area (Å²) in [6.45, 7) is 5.32. The fourth-order valence-electron chi connectivity index (χ4n) is 1.33. The zero-order chi connectivity index (χ0) is 10.4. The summed E-state index contributed by atoms with van der Waals surface area (Å²) in [5.41, 5.74) is 1.95. The molecule has 74 valence electrons. The van der Waals surface area contributed by atoms with Gasteiger partial charge in [-0.3, -0.25) is 0 Å². The highest BCUT2D eigenvalue weighted by molar-refractivity contribution is 5.32. The van der Waals surface area contributed by atoms with Crippen LogP contribution in [0.25, 0.3) is 0 Å². The highest BCUT2D eigenvalue weighted by Gasteiger charge is 2.02. The molecule has 0 saturated carbocycles.